The Balaban J connectivity index is 0.000000711. The van der Waals surface area contributed by atoms with Crippen molar-refractivity contribution in [3.05, 3.63) is 54.6 Å². The zero-order valence-electron chi connectivity index (χ0n) is 9.22. The van der Waals surface area contributed by atoms with Crippen LogP contribution in [-0.4, -0.2) is 20.1 Å². The fourth-order valence-corrected chi connectivity index (χ4v) is 1.30. The normalized spacial score (nSPS) is 8.38. The van der Waals surface area contributed by atoms with Crippen LogP contribution >= 0.6 is 0 Å². The maximum atomic E-state index is 7.00. The van der Waals surface area contributed by atoms with E-state index in [0.717, 1.165) is 23.7 Å². The summed E-state index contributed by atoms with van der Waals surface area (Å²) in [5.74, 6) is 0. The monoisotopic (exact) mass is 284 g/mol. The van der Waals surface area contributed by atoms with Crippen LogP contribution in [0.4, 0.5) is 0 Å². The standard InChI is InChI=1S/C12H8B.CH4O.Y/c13-12-9-5-4-8-11(12)10-6-2-1-3-7-10;1-2;/h1-6,8-9H;2H,1H3;/q-1;;. The van der Waals surface area contributed by atoms with Gasteiger partial charge in [0.15, 0.2) is 0 Å². The van der Waals surface area contributed by atoms with Crippen LogP contribution in [0.3, 0.4) is 0 Å². The van der Waals surface area contributed by atoms with Crippen molar-refractivity contribution >= 4 is 13.3 Å². The Morgan fingerprint density at radius 1 is 1.00 bits per heavy atom. The second-order valence-electron chi connectivity index (χ2n) is 2.86. The predicted octanol–water partition coefficient (Wildman–Crippen LogP) is 1.55. The molecule has 0 aliphatic heterocycles. The summed E-state index contributed by atoms with van der Waals surface area (Å²) in [6.45, 7) is 0. The Hall–Kier alpha value is -0.431. The fraction of sp³-hybridized carbons (Fsp3) is 0.0769. The first-order valence-electron chi connectivity index (χ1n) is 4.64. The summed E-state index contributed by atoms with van der Waals surface area (Å²) < 4.78 is 0. The molecule has 2 rings (SSSR count). The fourth-order valence-electron chi connectivity index (χ4n) is 1.30. The van der Waals surface area contributed by atoms with Crippen LogP contribution in [0.25, 0.3) is 11.1 Å². The number of aliphatic hydroxyl groups excluding tert-OH is 1. The van der Waals surface area contributed by atoms with E-state index in [1.807, 2.05) is 48.5 Å². The van der Waals surface area contributed by atoms with Gasteiger partial charge in [0.2, 0.25) is 0 Å². The van der Waals surface area contributed by atoms with Crippen molar-refractivity contribution in [1.29, 1.82) is 0 Å². The maximum Gasteiger partial charge on any atom is 0.100 e. The van der Waals surface area contributed by atoms with Crippen LogP contribution in [0.2, 0.25) is 0 Å². The molecule has 0 aromatic heterocycles. The smallest absolute Gasteiger partial charge is 0.100 e. The van der Waals surface area contributed by atoms with E-state index < -0.39 is 0 Å². The molecule has 0 bridgehead atoms. The van der Waals surface area contributed by atoms with E-state index in [1.165, 1.54) is 0 Å². The molecule has 0 heterocycles. The zero-order chi connectivity index (χ0) is 11.1. The summed E-state index contributed by atoms with van der Waals surface area (Å²) in [4.78, 5) is 0. The van der Waals surface area contributed by atoms with Crippen molar-refractivity contribution < 1.29 is 37.8 Å². The molecule has 3 radical (unpaired) electrons. The van der Waals surface area contributed by atoms with Gasteiger partial charge >= 0.3 is 0 Å². The molecule has 2 aromatic carbocycles. The number of hydrogen-bond donors (Lipinski definition) is 1. The van der Waals surface area contributed by atoms with Gasteiger partial charge in [0.1, 0.15) is 7.85 Å². The van der Waals surface area contributed by atoms with E-state index in [-0.39, 0.29) is 32.7 Å². The van der Waals surface area contributed by atoms with E-state index in [4.69, 9.17) is 13.0 Å². The molecule has 0 fully saturated rings. The van der Waals surface area contributed by atoms with Gasteiger partial charge in [-0.1, -0.05) is 24.3 Å². The average Bonchev–Trinajstić information content (AvgIpc) is 2.33. The van der Waals surface area contributed by atoms with Crippen molar-refractivity contribution in [3.63, 3.8) is 0 Å². The van der Waals surface area contributed by atoms with Gasteiger partial charge in [0.05, 0.1) is 0 Å². The molecule has 0 unspecified atom stereocenters. The largest absolute Gasteiger partial charge is 0.400 e. The molecular weight excluding hydrogens is 272 g/mol. The molecule has 0 atom stereocenters. The molecule has 1 N–H and O–H groups in total. The van der Waals surface area contributed by atoms with Crippen molar-refractivity contribution in [1.82, 2.24) is 0 Å². The van der Waals surface area contributed by atoms with Gasteiger partial charge in [-0.2, -0.15) is 0 Å². The number of aliphatic hydroxyl groups is 1. The van der Waals surface area contributed by atoms with Crippen molar-refractivity contribution in [2.45, 2.75) is 0 Å². The predicted molar refractivity (Wildman–Crippen MR) is 64.2 cm³/mol. The van der Waals surface area contributed by atoms with E-state index >= 15 is 0 Å². The summed E-state index contributed by atoms with van der Waals surface area (Å²) in [6, 6.07) is 18.8. The van der Waals surface area contributed by atoms with E-state index in [0.29, 0.717) is 0 Å². The third-order valence-electron chi connectivity index (χ3n) is 1.96. The second-order valence-corrected chi connectivity index (χ2v) is 2.86. The van der Waals surface area contributed by atoms with Crippen LogP contribution in [0.15, 0.2) is 48.5 Å². The molecule has 0 saturated heterocycles. The first-order valence-corrected chi connectivity index (χ1v) is 4.64. The molecule has 0 spiro atoms. The molecule has 0 aliphatic rings. The molecule has 3 heteroatoms. The van der Waals surface area contributed by atoms with Crippen LogP contribution in [0.1, 0.15) is 0 Å². The van der Waals surface area contributed by atoms with Gasteiger partial charge in [-0.25, -0.2) is 0 Å². The summed E-state index contributed by atoms with van der Waals surface area (Å²) in [5.41, 5.74) is 2.88. The summed E-state index contributed by atoms with van der Waals surface area (Å²) >= 11 is 0. The molecule has 16 heavy (non-hydrogen) atoms. The van der Waals surface area contributed by atoms with E-state index in [1.54, 1.807) is 0 Å². The van der Waals surface area contributed by atoms with Gasteiger partial charge in [-0.15, -0.1) is 46.9 Å². The number of hydrogen-bond acceptors (Lipinski definition) is 1. The molecule has 77 valence electrons. The van der Waals surface area contributed by atoms with Crippen molar-refractivity contribution in [2.75, 3.05) is 7.11 Å². The molecule has 0 aliphatic carbocycles. The van der Waals surface area contributed by atoms with Crippen LogP contribution in [0, 0.1) is 6.07 Å². The minimum absolute atomic E-state index is 0. The van der Waals surface area contributed by atoms with Gasteiger partial charge < -0.3 is 5.11 Å². The van der Waals surface area contributed by atoms with Gasteiger partial charge in [0, 0.05) is 39.8 Å². The first kappa shape index (κ1) is 15.6. The van der Waals surface area contributed by atoms with Crippen molar-refractivity contribution in [3.8, 4) is 11.1 Å². The topological polar surface area (TPSA) is 20.2 Å². The Morgan fingerprint density at radius 3 is 2.19 bits per heavy atom. The Labute approximate surface area is 123 Å². The molecular formula is C13H12BOY-. The third-order valence-corrected chi connectivity index (χ3v) is 1.96. The zero-order valence-corrected chi connectivity index (χ0v) is 12.1. The van der Waals surface area contributed by atoms with E-state index in [2.05, 4.69) is 6.07 Å². The Morgan fingerprint density at radius 2 is 1.62 bits per heavy atom. The summed E-state index contributed by atoms with van der Waals surface area (Å²) in [7, 11) is 6.83. The number of rotatable bonds is 1. The van der Waals surface area contributed by atoms with Crippen LogP contribution in [-0.2, 0) is 32.7 Å². The Bertz CT molecular complexity index is 404. The van der Waals surface area contributed by atoms with Gasteiger partial charge in [0.25, 0.3) is 0 Å². The van der Waals surface area contributed by atoms with Gasteiger partial charge in [-0.05, 0) is 0 Å². The second kappa shape index (κ2) is 8.69. The molecule has 0 saturated carbocycles. The number of benzene rings is 2. The van der Waals surface area contributed by atoms with E-state index in [9.17, 15) is 0 Å². The van der Waals surface area contributed by atoms with Crippen LogP contribution < -0.4 is 5.46 Å². The Kier molecular flexibility index (Phi) is 8.46. The minimum atomic E-state index is 0. The third kappa shape index (κ3) is 4.21. The quantitative estimate of drug-likeness (QED) is 0.622. The maximum absolute atomic E-state index is 7.00. The SMILES string of the molecule is CO.[B]c1ccccc1-c1[c-]cccc1.[Y]. The minimum Gasteiger partial charge on any atom is -0.400 e. The molecule has 1 nitrogen and oxygen atoms in total. The van der Waals surface area contributed by atoms with Crippen molar-refractivity contribution in [2.24, 2.45) is 0 Å². The summed E-state index contributed by atoms with van der Waals surface area (Å²) in [5, 5.41) is 7.00. The molecule has 0 amide bonds. The van der Waals surface area contributed by atoms with Gasteiger partial charge in [-0.3, -0.25) is 0 Å². The average molecular weight is 284 g/mol. The summed E-state index contributed by atoms with van der Waals surface area (Å²) in [6.07, 6.45) is 0. The van der Waals surface area contributed by atoms with Crippen LogP contribution in [0.5, 0.6) is 0 Å². The molecule has 2 aromatic rings. The first-order chi connectivity index (χ1) is 7.38.